The van der Waals surface area contributed by atoms with E-state index in [0.717, 1.165) is 29.7 Å². The predicted octanol–water partition coefficient (Wildman–Crippen LogP) is 6.64. The molecular formula is C31H27N3O3S2. The van der Waals surface area contributed by atoms with Gasteiger partial charge in [0.15, 0.2) is 6.61 Å². The Balaban J connectivity index is 1.15. The summed E-state index contributed by atoms with van der Waals surface area (Å²) in [6, 6.07) is 29.3. The minimum Gasteiger partial charge on any atom is -0.484 e. The topological polar surface area (TPSA) is 91.2 Å². The van der Waals surface area contributed by atoms with Gasteiger partial charge in [-0.3, -0.25) is 9.59 Å². The van der Waals surface area contributed by atoms with Gasteiger partial charge in [0.2, 0.25) is 5.91 Å². The molecule has 2 N–H and O–H groups in total. The number of hydrogen-bond acceptors (Lipinski definition) is 6. The molecule has 0 fully saturated rings. The average Bonchev–Trinajstić information content (AvgIpc) is 3.32. The van der Waals surface area contributed by atoms with Gasteiger partial charge in [-0.1, -0.05) is 54.6 Å². The summed E-state index contributed by atoms with van der Waals surface area (Å²) in [5.41, 5.74) is 3.63. The summed E-state index contributed by atoms with van der Waals surface area (Å²) in [6.45, 7) is -0.0953. The quantitative estimate of drug-likeness (QED) is 0.227. The molecule has 39 heavy (non-hydrogen) atoms. The Hall–Kier alpha value is -4.06. The molecule has 0 bridgehead atoms. The van der Waals surface area contributed by atoms with E-state index < -0.39 is 0 Å². The molecule has 0 spiro atoms. The highest BCUT2D eigenvalue weighted by Gasteiger charge is 2.27. The lowest BCUT2D eigenvalue weighted by molar-refractivity contribution is -0.118. The minimum atomic E-state index is -0.265. The molecule has 4 aromatic rings. The van der Waals surface area contributed by atoms with Crippen LogP contribution in [0, 0.1) is 11.3 Å². The number of fused-ring (bicyclic) bond motifs is 1. The van der Waals surface area contributed by atoms with Crippen molar-refractivity contribution in [3.8, 4) is 11.8 Å². The van der Waals surface area contributed by atoms with Crippen LogP contribution in [0.1, 0.15) is 33.9 Å². The summed E-state index contributed by atoms with van der Waals surface area (Å²) in [7, 11) is 0. The van der Waals surface area contributed by atoms with Gasteiger partial charge in [0, 0.05) is 15.5 Å². The maximum Gasteiger partial charge on any atom is 0.262 e. The van der Waals surface area contributed by atoms with Crippen LogP contribution < -0.4 is 15.4 Å². The second-order valence-corrected chi connectivity index (χ2v) is 11.3. The molecule has 5 rings (SSSR count). The number of thioether (sulfide) groups is 1. The summed E-state index contributed by atoms with van der Waals surface area (Å²) in [4.78, 5) is 27.1. The van der Waals surface area contributed by atoms with Crippen molar-refractivity contribution in [3.05, 3.63) is 106 Å². The molecule has 0 aliphatic heterocycles. The second-order valence-electron chi connectivity index (χ2n) is 9.18. The summed E-state index contributed by atoms with van der Waals surface area (Å²) in [5, 5.41) is 16.3. The smallest absolute Gasteiger partial charge is 0.262 e. The molecule has 1 unspecified atom stereocenters. The van der Waals surface area contributed by atoms with Crippen molar-refractivity contribution in [3.63, 3.8) is 0 Å². The highest BCUT2D eigenvalue weighted by Crippen LogP contribution is 2.42. The van der Waals surface area contributed by atoms with Crippen molar-refractivity contribution < 1.29 is 14.3 Å². The van der Waals surface area contributed by atoms with Gasteiger partial charge in [0.25, 0.3) is 5.91 Å². The number of rotatable bonds is 9. The Morgan fingerprint density at radius 2 is 1.74 bits per heavy atom. The highest BCUT2D eigenvalue weighted by atomic mass is 32.2. The van der Waals surface area contributed by atoms with Gasteiger partial charge in [0.05, 0.1) is 11.3 Å². The monoisotopic (exact) mass is 553 g/mol. The lowest BCUT2D eigenvalue weighted by Gasteiger charge is -2.22. The van der Waals surface area contributed by atoms with Gasteiger partial charge in [-0.15, -0.1) is 23.1 Å². The molecule has 1 atom stereocenters. The van der Waals surface area contributed by atoms with Crippen LogP contribution in [-0.2, 0) is 22.4 Å². The number of nitriles is 1. The largest absolute Gasteiger partial charge is 0.484 e. The zero-order valence-electron chi connectivity index (χ0n) is 21.2. The van der Waals surface area contributed by atoms with Crippen LogP contribution in [0.15, 0.2) is 89.8 Å². The van der Waals surface area contributed by atoms with Crippen molar-refractivity contribution in [1.29, 1.82) is 5.26 Å². The number of para-hydroxylation sites is 1. The van der Waals surface area contributed by atoms with Crippen molar-refractivity contribution in [1.82, 2.24) is 0 Å². The van der Waals surface area contributed by atoms with Crippen LogP contribution in [0.4, 0.5) is 10.7 Å². The Bertz CT molecular complexity index is 1500. The Labute approximate surface area is 236 Å². The fourth-order valence-electron chi connectivity index (χ4n) is 4.64. The van der Waals surface area contributed by atoms with Gasteiger partial charge < -0.3 is 15.4 Å². The van der Waals surface area contributed by atoms with Crippen molar-refractivity contribution >= 4 is 45.6 Å². The third-order valence-corrected chi connectivity index (χ3v) is 8.67. The summed E-state index contributed by atoms with van der Waals surface area (Å²) in [6.07, 6.45) is 2.73. The van der Waals surface area contributed by atoms with E-state index in [0.29, 0.717) is 27.9 Å². The molecule has 1 aliphatic carbocycles. The first kappa shape index (κ1) is 26.5. The van der Waals surface area contributed by atoms with Crippen LogP contribution in [0.2, 0.25) is 0 Å². The standard InChI is InChI=1S/C31H27N3O3S2/c32-18-27-26-15-14-22(21-8-3-1-4-9-21)16-28(26)39-31(27)34-30(36)20-38-25-13-7-10-23(17-25)33-29(35)19-37-24-11-5-2-6-12-24/h1-13,17,22H,14-16,19-20H2,(H,33,35)(H,34,36). The molecule has 2 amide bonds. The molecule has 196 valence electrons. The number of benzene rings is 3. The van der Waals surface area contributed by atoms with Crippen molar-refractivity contribution in [2.24, 2.45) is 0 Å². The number of nitrogens with one attached hydrogen (secondary N) is 2. The first-order valence-corrected chi connectivity index (χ1v) is 14.5. The SMILES string of the molecule is N#Cc1c(NC(=O)CSc2cccc(NC(=O)COc3ccccc3)c2)sc2c1CCC(c1ccccc1)C2. The van der Waals surface area contributed by atoms with E-state index in [1.807, 2.05) is 42.5 Å². The lowest BCUT2D eigenvalue weighted by Crippen LogP contribution is -2.20. The Kier molecular flexibility index (Phi) is 8.61. The molecule has 3 aromatic carbocycles. The van der Waals surface area contributed by atoms with E-state index in [-0.39, 0.29) is 24.2 Å². The summed E-state index contributed by atoms with van der Waals surface area (Å²) >= 11 is 2.90. The number of carbonyl (C=O) groups is 2. The van der Waals surface area contributed by atoms with Crippen molar-refractivity contribution in [2.75, 3.05) is 23.0 Å². The van der Waals surface area contributed by atoms with Gasteiger partial charge in [0.1, 0.15) is 16.8 Å². The van der Waals surface area contributed by atoms with Crippen LogP contribution in [0.5, 0.6) is 5.75 Å². The third-order valence-electron chi connectivity index (χ3n) is 6.50. The predicted molar refractivity (Wildman–Crippen MR) is 157 cm³/mol. The fourth-order valence-corrected chi connectivity index (χ4v) is 6.69. The Morgan fingerprint density at radius 1 is 0.974 bits per heavy atom. The van der Waals surface area contributed by atoms with Gasteiger partial charge in [-0.25, -0.2) is 0 Å². The number of ether oxygens (including phenoxy) is 1. The molecule has 0 radical (unpaired) electrons. The van der Waals surface area contributed by atoms with E-state index in [2.05, 4.69) is 41.0 Å². The number of amides is 2. The van der Waals surface area contributed by atoms with Crippen molar-refractivity contribution in [2.45, 2.75) is 30.1 Å². The molecular weight excluding hydrogens is 526 g/mol. The number of anilines is 2. The molecule has 1 aromatic heterocycles. The van der Waals surface area contributed by atoms with Gasteiger partial charge >= 0.3 is 0 Å². The Morgan fingerprint density at radius 3 is 2.51 bits per heavy atom. The van der Waals surface area contributed by atoms with Crippen LogP contribution in [0.3, 0.4) is 0 Å². The molecule has 0 saturated heterocycles. The van der Waals surface area contributed by atoms with Crippen LogP contribution in [0.25, 0.3) is 0 Å². The molecule has 1 heterocycles. The average molecular weight is 554 g/mol. The zero-order chi connectivity index (χ0) is 27.0. The first-order chi connectivity index (χ1) is 19.1. The van der Waals surface area contributed by atoms with E-state index in [1.54, 1.807) is 18.2 Å². The molecule has 0 saturated carbocycles. The normalized spacial score (nSPS) is 14.1. The fraction of sp³-hybridized carbons (Fsp3) is 0.194. The number of hydrogen-bond donors (Lipinski definition) is 2. The summed E-state index contributed by atoms with van der Waals surface area (Å²) < 4.78 is 5.49. The van der Waals surface area contributed by atoms with E-state index in [9.17, 15) is 14.9 Å². The lowest BCUT2D eigenvalue weighted by atomic mass is 9.83. The number of nitrogens with zero attached hydrogens (tertiary/aromatic N) is 1. The first-order valence-electron chi connectivity index (χ1n) is 12.7. The highest BCUT2D eigenvalue weighted by molar-refractivity contribution is 8.00. The number of thiophene rings is 1. The number of carbonyl (C=O) groups excluding carboxylic acids is 2. The zero-order valence-corrected chi connectivity index (χ0v) is 22.8. The molecule has 8 heteroatoms. The van der Waals surface area contributed by atoms with E-state index in [1.165, 1.54) is 33.5 Å². The second kappa shape index (κ2) is 12.7. The van der Waals surface area contributed by atoms with Gasteiger partial charge in [-0.2, -0.15) is 5.26 Å². The minimum absolute atomic E-state index is 0.0953. The molecule has 1 aliphatic rings. The van der Waals surface area contributed by atoms with Gasteiger partial charge in [-0.05, 0) is 66.6 Å². The van der Waals surface area contributed by atoms with E-state index in [4.69, 9.17) is 4.74 Å². The third kappa shape index (κ3) is 6.88. The van der Waals surface area contributed by atoms with E-state index >= 15 is 0 Å². The summed E-state index contributed by atoms with van der Waals surface area (Å²) in [5.74, 6) is 0.819. The maximum absolute atomic E-state index is 12.8. The molecule has 6 nitrogen and oxygen atoms in total. The maximum atomic E-state index is 12.8. The van der Waals surface area contributed by atoms with Crippen LogP contribution >= 0.6 is 23.1 Å². The van der Waals surface area contributed by atoms with Crippen LogP contribution in [-0.4, -0.2) is 24.2 Å².